The van der Waals surface area contributed by atoms with E-state index in [1.165, 1.54) is 0 Å². The maximum atomic E-state index is 14.1. The van der Waals surface area contributed by atoms with Gasteiger partial charge in [-0.1, -0.05) is 358 Å². The Morgan fingerprint density at radius 3 is 0.756 bits per heavy atom. The van der Waals surface area contributed by atoms with E-state index >= 15 is 0 Å². The van der Waals surface area contributed by atoms with Crippen molar-refractivity contribution < 1.29 is 0 Å². The largest absolute Gasteiger partial charge is 0.276 e. The summed E-state index contributed by atoms with van der Waals surface area (Å²) in [7, 11) is 0. The minimum Gasteiger partial charge on any atom is -0.276 e. The lowest BCUT2D eigenvalue weighted by molar-refractivity contribution is 0.934. The van der Waals surface area contributed by atoms with Crippen LogP contribution in [0, 0.1) is 0 Å². The monoisotopic (exact) mass is 1580 g/mol. The van der Waals surface area contributed by atoms with Gasteiger partial charge in [-0.3, -0.25) is 23.5 Å². The lowest BCUT2D eigenvalue weighted by atomic mass is 9.99. The second-order valence-corrected chi connectivity index (χ2v) is 29.9. The van der Waals surface area contributed by atoms with E-state index in [0.29, 0.717) is 39.6 Å². The molecule has 22 rings (SSSR count). The van der Waals surface area contributed by atoms with Gasteiger partial charge in [0.1, 0.15) is 0 Å². The molecule has 0 atom stereocenters. The van der Waals surface area contributed by atoms with Crippen molar-refractivity contribution in [1.29, 1.82) is 0 Å². The predicted octanol–water partition coefficient (Wildman–Crippen LogP) is 25.5. The molecule has 0 N–H and O–H groups in total. The van der Waals surface area contributed by atoms with Gasteiger partial charge in [-0.2, -0.15) is 0 Å². The normalized spacial score (nSPS) is 11.2. The minimum absolute atomic E-state index is 0.0465. The highest BCUT2D eigenvalue weighted by molar-refractivity contribution is 6.10. The molecule has 16 aromatic carbocycles. The second-order valence-electron chi connectivity index (χ2n) is 29.9. The Hall–Kier alpha value is -16.8. The highest BCUT2D eigenvalue weighted by atomic mass is 16.1. The van der Waals surface area contributed by atoms with Crippen molar-refractivity contribution in [2.24, 2.45) is 0 Å². The van der Waals surface area contributed by atoms with Gasteiger partial charge in [-0.05, 0) is 134 Å². The summed E-state index contributed by atoms with van der Waals surface area (Å²) in [5.41, 5.74) is 20.1. The van der Waals surface area contributed by atoms with E-state index in [9.17, 15) is 14.4 Å². The number of hydrogen-bond acceptors (Lipinski definition) is 9. The molecule has 0 saturated heterocycles. The molecule has 6 heterocycles. The molecule has 0 spiro atoms. The molecule has 0 saturated carbocycles. The summed E-state index contributed by atoms with van der Waals surface area (Å²) < 4.78 is 5.30. The van der Waals surface area contributed by atoms with Gasteiger partial charge in [-0.15, -0.1) is 0 Å². The summed E-state index contributed by atoms with van der Waals surface area (Å²) in [6, 6.07) is 147. The maximum Gasteiger partial charge on any atom is 0.265 e. The molecule has 0 radical (unpaired) electrons. The van der Waals surface area contributed by atoms with Crippen LogP contribution in [0.3, 0.4) is 0 Å². The van der Waals surface area contributed by atoms with Crippen molar-refractivity contribution in [2.45, 2.75) is 0 Å². The van der Waals surface area contributed by atoms with Crippen LogP contribution in [0.15, 0.2) is 457 Å². The first kappa shape index (κ1) is 75.0. The molecule has 580 valence electrons. The molecule has 0 aliphatic rings. The van der Waals surface area contributed by atoms with Crippen LogP contribution in [0.25, 0.3) is 195 Å². The van der Waals surface area contributed by atoms with Gasteiger partial charge in [0.2, 0.25) is 5.95 Å². The van der Waals surface area contributed by atoms with Gasteiger partial charge in [0.25, 0.3) is 16.7 Å². The molecule has 22 aromatic rings. The summed E-state index contributed by atoms with van der Waals surface area (Å²) in [6.07, 6.45) is 0. The second kappa shape index (κ2) is 33.3. The van der Waals surface area contributed by atoms with Crippen molar-refractivity contribution in [3.05, 3.63) is 474 Å². The van der Waals surface area contributed by atoms with Gasteiger partial charge in [-0.25, -0.2) is 34.5 Å². The summed E-state index contributed by atoms with van der Waals surface area (Å²) in [5.74, 6) is 2.07. The van der Waals surface area contributed by atoms with E-state index in [0.717, 1.165) is 155 Å². The molecule has 0 aliphatic carbocycles. The number of rotatable bonds is 13. The van der Waals surface area contributed by atoms with Gasteiger partial charge in [0.05, 0.1) is 45.0 Å². The Balaban J connectivity index is 0.000000118. The Bertz CT molecular complexity index is 7430. The van der Waals surface area contributed by atoms with Crippen molar-refractivity contribution in [3.63, 3.8) is 0 Å². The molecular weight excluding hydrogens is 1510 g/mol. The number of nitrogens with zero attached hydrogens (tertiary/aromatic N) is 9. The van der Waals surface area contributed by atoms with Crippen LogP contribution in [-0.4, -0.2) is 43.6 Å². The molecule has 0 unspecified atom stereocenters. The molecular formula is C111H73N9O3. The molecule has 0 amide bonds. The van der Waals surface area contributed by atoms with E-state index in [1.807, 2.05) is 369 Å². The Labute approximate surface area is 707 Å². The van der Waals surface area contributed by atoms with Crippen LogP contribution < -0.4 is 16.7 Å². The van der Waals surface area contributed by atoms with E-state index in [1.54, 1.807) is 9.13 Å². The molecule has 0 aliphatic heterocycles. The van der Waals surface area contributed by atoms with Crippen molar-refractivity contribution in [1.82, 2.24) is 43.6 Å². The van der Waals surface area contributed by atoms with Crippen LogP contribution in [0.1, 0.15) is 0 Å². The van der Waals surface area contributed by atoms with E-state index < -0.39 is 0 Å². The lowest BCUT2D eigenvalue weighted by Crippen LogP contribution is -2.21. The zero-order valence-corrected chi connectivity index (χ0v) is 66.4. The maximum absolute atomic E-state index is 14.1. The summed E-state index contributed by atoms with van der Waals surface area (Å²) >= 11 is 0. The summed E-state index contributed by atoms with van der Waals surface area (Å²) in [5, 5.41) is 7.79. The zero-order chi connectivity index (χ0) is 82.5. The molecule has 0 bridgehead atoms. The lowest BCUT2D eigenvalue weighted by Gasteiger charge is -2.17. The number of hydrogen-bond donors (Lipinski definition) is 0. The van der Waals surface area contributed by atoms with Gasteiger partial charge < -0.3 is 0 Å². The number of aromatic nitrogens is 9. The minimum atomic E-state index is -0.144. The first-order chi connectivity index (χ1) is 60.7. The van der Waals surface area contributed by atoms with Gasteiger partial charge in [0.15, 0.2) is 17.5 Å². The Kier molecular flexibility index (Phi) is 20.3. The van der Waals surface area contributed by atoms with Crippen molar-refractivity contribution in [3.8, 4) is 130 Å². The molecule has 12 nitrogen and oxygen atoms in total. The van der Waals surface area contributed by atoms with Gasteiger partial charge >= 0.3 is 0 Å². The van der Waals surface area contributed by atoms with E-state index in [2.05, 4.69) is 78.9 Å². The third kappa shape index (κ3) is 15.0. The smallest absolute Gasteiger partial charge is 0.265 e. The van der Waals surface area contributed by atoms with E-state index in [-0.39, 0.29) is 16.7 Å². The standard InChI is InChI=1S/C40H26N4O.C36H24N2O.C35H23N3O/c45-40-34-22-11-10-21-33(34)35-26-30(27-13-4-1-5-14-27)23-24-36(35)44(40)32-20-12-19-31(25-32)39-42-37(28-15-6-2-7-16-28)41-38(43-39)29-17-8-3-9-18-29;39-36-31-19-11-10-18-30(31)32-22-28(25-12-4-1-5-13-25)20-21-35(32)38(36)29-23-33(26-14-6-2-7-15-26)37-34(24-29)27-16-8-3-9-17-27;39-34-29-19-11-10-18-28(29)30-22-27(24-12-4-1-5-13-24)20-21-33(30)38(34)35-36-31(25-14-6-2-7-15-25)23-32(37-35)26-16-8-3-9-17-26/h1-26H;1-24H;1-23H. The average Bonchev–Trinajstić information content (AvgIpc) is 0.746. The van der Waals surface area contributed by atoms with Crippen LogP contribution in [-0.2, 0) is 0 Å². The van der Waals surface area contributed by atoms with Crippen LogP contribution in [0.5, 0.6) is 0 Å². The predicted molar refractivity (Wildman–Crippen MR) is 502 cm³/mol. The summed E-state index contributed by atoms with van der Waals surface area (Å²) in [4.78, 5) is 71.9. The van der Waals surface area contributed by atoms with Crippen molar-refractivity contribution >= 4 is 65.0 Å². The molecule has 0 fully saturated rings. The quantitative estimate of drug-likeness (QED) is 0.103. The summed E-state index contributed by atoms with van der Waals surface area (Å²) in [6.45, 7) is 0. The third-order valence-electron chi connectivity index (χ3n) is 22.3. The SMILES string of the molecule is O=c1c2ccccc2c2cc(-c3ccccc3)ccc2n1-c1cc(-c2ccccc2)nc(-c2ccccc2)c1.O=c1c2ccccc2c2cc(-c3ccccc3)ccc2n1-c1cccc(-c2nc(-c3ccccc3)nc(-c3ccccc3)n2)c1.O=c1c2ccccc2c2cc(-c3ccccc3)ccc2n1-c1nc(-c2ccccc2)cc(-c2ccccc2)n1. The van der Waals surface area contributed by atoms with Crippen LogP contribution in [0.4, 0.5) is 0 Å². The molecule has 6 aromatic heterocycles. The zero-order valence-electron chi connectivity index (χ0n) is 66.4. The van der Waals surface area contributed by atoms with Crippen LogP contribution in [0.2, 0.25) is 0 Å². The Morgan fingerprint density at radius 2 is 0.415 bits per heavy atom. The Morgan fingerprint density at radius 1 is 0.154 bits per heavy atom. The third-order valence-corrected chi connectivity index (χ3v) is 22.3. The average molecular weight is 1580 g/mol. The topological polar surface area (TPSA) is 143 Å². The van der Waals surface area contributed by atoms with Crippen LogP contribution >= 0.6 is 0 Å². The highest BCUT2D eigenvalue weighted by Gasteiger charge is 2.22. The molecule has 12 heteroatoms. The van der Waals surface area contributed by atoms with Crippen molar-refractivity contribution in [2.75, 3.05) is 0 Å². The van der Waals surface area contributed by atoms with E-state index in [4.69, 9.17) is 29.9 Å². The fourth-order valence-corrected chi connectivity index (χ4v) is 16.3. The highest BCUT2D eigenvalue weighted by Crippen LogP contribution is 2.38. The first-order valence-corrected chi connectivity index (χ1v) is 40.8. The van der Waals surface area contributed by atoms with Gasteiger partial charge in [0, 0.05) is 76.9 Å². The number of pyridine rings is 4. The molecule has 123 heavy (non-hydrogen) atoms. The fraction of sp³-hybridized carbons (Fsp3) is 0. The number of fused-ring (bicyclic) bond motifs is 9. The fourth-order valence-electron chi connectivity index (χ4n) is 16.3. The number of benzene rings is 16. The first-order valence-electron chi connectivity index (χ1n) is 40.8.